The molecule has 4 rings (SSSR count). The lowest BCUT2D eigenvalue weighted by atomic mass is 9.80. The molecule has 9 heteroatoms. The lowest BCUT2D eigenvalue weighted by Gasteiger charge is -2.52. The second-order valence-electron chi connectivity index (χ2n) is 9.81. The standard InChI is InChI=1S/C25H37N3O5.ClH/c1-4-5-10-28-23(30)21(22(29)17(2)3)26-24(31)25(28)8-11-27(12-9-25)16-18-6-7-19-20(15-18)33-14-13-32-19;/h6-7,15,17,21-22,29H,4-5,8-14,16H2,1-3H3,(H,26,31);1H. The summed E-state index contributed by atoms with van der Waals surface area (Å²) < 4.78 is 11.3. The number of amides is 2. The van der Waals surface area contributed by atoms with E-state index in [1.165, 1.54) is 0 Å². The van der Waals surface area contributed by atoms with Crippen molar-refractivity contribution in [3.8, 4) is 11.5 Å². The molecule has 0 saturated carbocycles. The van der Waals surface area contributed by atoms with E-state index < -0.39 is 17.7 Å². The van der Waals surface area contributed by atoms with E-state index >= 15 is 0 Å². The lowest BCUT2D eigenvalue weighted by molar-refractivity contribution is -0.165. The molecule has 2 N–H and O–H groups in total. The summed E-state index contributed by atoms with van der Waals surface area (Å²) in [5, 5.41) is 13.5. The molecule has 3 aliphatic rings. The Morgan fingerprint density at radius 1 is 1.15 bits per heavy atom. The van der Waals surface area contributed by atoms with Crippen molar-refractivity contribution in [1.29, 1.82) is 0 Å². The number of aliphatic hydroxyl groups is 1. The molecule has 2 amide bonds. The zero-order valence-electron chi connectivity index (χ0n) is 20.4. The fourth-order valence-electron chi connectivity index (χ4n) is 5.12. The molecule has 1 aromatic rings. The third kappa shape index (κ3) is 5.14. The number of rotatable bonds is 7. The Labute approximate surface area is 208 Å². The molecule has 8 nitrogen and oxygen atoms in total. The molecular weight excluding hydrogens is 458 g/mol. The number of hydrogen-bond acceptors (Lipinski definition) is 6. The van der Waals surface area contributed by atoms with E-state index in [1.807, 2.05) is 26.0 Å². The molecular formula is C25H38ClN3O5. The summed E-state index contributed by atoms with van der Waals surface area (Å²) >= 11 is 0. The second-order valence-corrected chi connectivity index (χ2v) is 9.81. The van der Waals surface area contributed by atoms with Gasteiger partial charge in [-0.1, -0.05) is 33.3 Å². The van der Waals surface area contributed by atoms with Crippen LogP contribution in [0.5, 0.6) is 11.5 Å². The molecule has 0 radical (unpaired) electrons. The highest BCUT2D eigenvalue weighted by Gasteiger charge is 2.54. The Hall–Kier alpha value is -2.03. The smallest absolute Gasteiger partial charge is 0.248 e. The van der Waals surface area contributed by atoms with Crippen molar-refractivity contribution < 1.29 is 24.2 Å². The van der Waals surface area contributed by atoms with Crippen LogP contribution >= 0.6 is 12.4 Å². The van der Waals surface area contributed by atoms with Crippen LogP contribution in [0.25, 0.3) is 0 Å². The molecule has 2 atom stereocenters. The number of carbonyl (C=O) groups excluding carboxylic acids is 2. The summed E-state index contributed by atoms with van der Waals surface area (Å²) in [6.45, 7) is 9.68. The zero-order chi connectivity index (χ0) is 23.6. The third-order valence-corrected chi connectivity index (χ3v) is 7.21. The van der Waals surface area contributed by atoms with Crippen LogP contribution in [-0.2, 0) is 16.1 Å². The summed E-state index contributed by atoms with van der Waals surface area (Å²) in [7, 11) is 0. The van der Waals surface area contributed by atoms with Gasteiger partial charge in [0.05, 0.1) is 6.10 Å². The molecule has 0 bridgehead atoms. The van der Waals surface area contributed by atoms with Gasteiger partial charge in [0.15, 0.2) is 11.5 Å². The molecule has 3 heterocycles. The topological polar surface area (TPSA) is 91.3 Å². The predicted molar refractivity (Wildman–Crippen MR) is 131 cm³/mol. The van der Waals surface area contributed by atoms with Crippen LogP contribution in [0.15, 0.2) is 18.2 Å². The van der Waals surface area contributed by atoms with Gasteiger partial charge in [-0.05, 0) is 42.9 Å². The fraction of sp³-hybridized carbons (Fsp3) is 0.680. The number of ether oxygens (including phenoxy) is 2. The average molecular weight is 496 g/mol. The van der Waals surface area contributed by atoms with Gasteiger partial charge in [0, 0.05) is 26.2 Å². The van der Waals surface area contributed by atoms with Crippen LogP contribution in [0.3, 0.4) is 0 Å². The monoisotopic (exact) mass is 495 g/mol. The zero-order valence-corrected chi connectivity index (χ0v) is 21.2. The minimum atomic E-state index is -0.891. The van der Waals surface area contributed by atoms with Gasteiger partial charge in [-0.2, -0.15) is 0 Å². The van der Waals surface area contributed by atoms with Crippen molar-refractivity contribution in [2.45, 2.75) is 70.7 Å². The van der Waals surface area contributed by atoms with Crippen LogP contribution in [0.2, 0.25) is 0 Å². The predicted octanol–water partition coefficient (Wildman–Crippen LogP) is 2.36. The molecule has 190 valence electrons. The number of unbranched alkanes of at least 4 members (excludes halogenated alkanes) is 1. The number of carbonyl (C=O) groups is 2. The molecule has 3 aliphatic heterocycles. The first-order valence-electron chi connectivity index (χ1n) is 12.3. The number of likely N-dealkylation sites (tertiary alicyclic amines) is 1. The summed E-state index contributed by atoms with van der Waals surface area (Å²) in [4.78, 5) is 30.9. The van der Waals surface area contributed by atoms with Crippen molar-refractivity contribution in [1.82, 2.24) is 15.1 Å². The van der Waals surface area contributed by atoms with Crippen molar-refractivity contribution in [3.05, 3.63) is 23.8 Å². The highest BCUT2D eigenvalue weighted by molar-refractivity contribution is 6.00. The molecule has 1 aromatic carbocycles. The second kappa shape index (κ2) is 11.1. The van der Waals surface area contributed by atoms with Gasteiger partial charge >= 0.3 is 0 Å². The molecule has 0 aliphatic carbocycles. The van der Waals surface area contributed by atoms with Gasteiger partial charge in [-0.25, -0.2) is 0 Å². The van der Waals surface area contributed by atoms with Gasteiger partial charge in [0.25, 0.3) is 0 Å². The first kappa shape index (κ1) is 26.6. The lowest BCUT2D eigenvalue weighted by Crippen LogP contribution is -2.74. The van der Waals surface area contributed by atoms with Crippen molar-refractivity contribution in [3.63, 3.8) is 0 Å². The van der Waals surface area contributed by atoms with Crippen LogP contribution in [0.4, 0.5) is 0 Å². The highest BCUT2D eigenvalue weighted by Crippen LogP contribution is 2.36. The van der Waals surface area contributed by atoms with Crippen molar-refractivity contribution in [2.24, 2.45) is 5.92 Å². The molecule has 1 spiro atoms. The summed E-state index contributed by atoms with van der Waals surface area (Å²) in [6.07, 6.45) is 2.06. The maximum absolute atomic E-state index is 13.4. The number of benzene rings is 1. The first-order chi connectivity index (χ1) is 15.9. The van der Waals surface area contributed by atoms with E-state index in [0.29, 0.717) is 32.6 Å². The maximum Gasteiger partial charge on any atom is 0.248 e. The van der Waals surface area contributed by atoms with E-state index in [9.17, 15) is 14.7 Å². The van der Waals surface area contributed by atoms with Gasteiger partial charge in [0.2, 0.25) is 11.8 Å². The number of piperidine rings is 1. The number of hydrogen-bond donors (Lipinski definition) is 2. The molecule has 34 heavy (non-hydrogen) atoms. The Bertz CT molecular complexity index is 872. The van der Waals surface area contributed by atoms with Crippen molar-refractivity contribution >= 4 is 24.2 Å². The fourth-order valence-corrected chi connectivity index (χ4v) is 5.12. The molecule has 2 fully saturated rings. The summed E-state index contributed by atoms with van der Waals surface area (Å²) in [5.41, 5.74) is 0.310. The van der Waals surface area contributed by atoms with Crippen LogP contribution < -0.4 is 14.8 Å². The van der Waals surface area contributed by atoms with Crippen molar-refractivity contribution in [2.75, 3.05) is 32.8 Å². The summed E-state index contributed by atoms with van der Waals surface area (Å²) in [5.74, 6) is 1.18. The number of halogens is 1. The number of piperazine rings is 1. The number of nitrogens with one attached hydrogen (secondary N) is 1. The number of aliphatic hydroxyl groups excluding tert-OH is 1. The minimum Gasteiger partial charge on any atom is -0.486 e. The first-order valence-corrected chi connectivity index (χ1v) is 12.3. The Morgan fingerprint density at radius 2 is 1.82 bits per heavy atom. The summed E-state index contributed by atoms with van der Waals surface area (Å²) in [6, 6.07) is 5.17. The SMILES string of the molecule is CCCCN1C(=O)C(C(O)C(C)C)NC(=O)C12CCN(Cc1ccc3c(c1)OCCO3)CC2.Cl. The molecule has 2 unspecified atom stereocenters. The Kier molecular flexibility index (Phi) is 8.71. The number of nitrogens with zero attached hydrogens (tertiary/aromatic N) is 2. The largest absolute Gasteiger partial charge is 0.486 e. The van der Waals surface area contributed by atoms with E-state index in [2.05, 4.69) is 23.2 Å². The maximum atomic E-state index is 13.4. The van der Waals surface area contributed by atoms with Crippen LogP contribution in [0, 0.1) is 5.92 Å². The van der Waals surface area contributed by atoms with Gasteiger partial charge in [-0.15, -0.1) is 12.4 Å². The Morgan fingerprint density at radius 3 is 2.47 bits per heavy atom. The van der Waals surface area contributed by atoms with E-state index in [-0.39, 0.29) is 30.1 Å². The van der Waals surface area contributed by atoms with Crippen LogP contribution in [-0.4, -0.2) is 77.3 Å². The van der Waals surface area contributed by atoms with E-state index in [4.69, 9.17) is 9.47 Å². The van der Waals surface area contributed by atoms with Gasteiger partial charge in [-0.3, -0.25) is 14.5 Å². The minimum absolute atomic E-state index is 0. The molecule has 0 aromatic heterocycles. The Balaban J connectivity index is 0.00000324. The van der Waals surface area contributed by atoms with Gasteiger partial charge in [0.1, 0.15) is 24.8 Å². The average Bonchev–Trinajstić information content (AvgIpc) is 2.82. The van der Waals surface area contributed by atoms with Crippen LogP contribution in [0.1, 0.15) is 52.0 Å². The third-order valence-electron chi connectivity index (χ3n) is 7.21. The normalized spacial score (nSPS) is 23.0. The highest BCUT2D eigenvalue weighted by atomic mass is 35.5. The van der Waals surface area contributed by atoms with Gasteiger partial charge < -0.3 is 24.8 Å². The quantitative estimate of drug-likeness (QED) is 0.603. The van der Waals surface area contributed by atoms with E-state index in [0.717, 1.165) is 49.5 Å². The van der Waals surface area contributed by atoms with E-state index in [1.54, 1.807) is 4.90 Å². The number of fused-ring (bicyclic) bond motifs is 1. The molecule has 2 saturated heterocycles.